The molecule has 108 valence electrons. The minimum atomic E-state index is -0.0855. The van der Waals surface area contributed by atoms with Gasteiger partial charge in [-0.25, -0.2) is 0 Å². The SMILES string of the molecule is Cc1cc(Br)c2c(c1)N(C(C)C)C(=O)C1CNCCN21. The Hall–Kier alpha value is -1.07. The van der Waals surface area contributed by atoms with E-state index in [2.05, 4.69) is 59.1 Å². The quantitative estimate of drug-likeness (QED) is 0.854. The van der Waals surface area contributed by atoms with Crippen molar-refractivity contribution in [3.05, 3.63) is 22.2 Å². The number of piperazine rings is 1. The first kappa shape index (κ1) is 13.9. The Bertz CT molecular complexity index is 558. The zero-order chi connectivity index (χ0) is 14.4. The standard InChI is InChI=1S/C15H20BrN3O/c1-9(2)19-12-7-10(3)6-11(16)14(12)18-5-4-17-8-13(18)15(19)20/h6-7,9,13,17H,4-5,8H2,1-3H3. The molecule has 0 spiro atoms. The second-order valence-corrected chi connectivity index (χ2v) is 6.68. The minimum absolute atomic E-state index is 0.0855. The molecule has 1 atom stereocenters. The van der Waals surface area contributed by atoms with Crippen molar-refractivity contribution in [1.82, 2.24) is 5.32 Å². The highest BCUT2D eigenvalue weighted by atomic mass is 79.9. The van der Waals surface area contributed by atoms with Gasteiger partial charge in [0, 0.05) is 30.1 Å². The van der Waals surface area contributed by atoms with E-state index < -0.39 is 0 Å². The molecule has 1 unspecified atom stereocenters. The Labute approximate surface area is 128 Å². The highest BCUT2D eigenvalue weighted by molar-refractivity contribution is 9.10. The summed E-state index contributed by atoms with van der Waals surface area (Å²) in [5.41, 5.74) is 3.37. The maximum atomic E-state index is 12.8. The number of aryl methyl sites for hydroxylation is 1. The van der Waals surface area contributed by atoms with Crippen LogP contribution in [0.4, 0.5) is 11.4 Å². The van der Waals surface area contributed by atoms with E-state index >= 15 is 0 Å². The van der Waals surface area contributed by atoms with Gasteiger partial charge >= 0.3 is 0 Å². The molecule has 0 radical (unpaired) electrons. The van der Waals surface area contributed by atoms with E-state index in [9.17, 15) is 4.79 Å². The zero-order valence-electron chi connectivity index (χ0n) is 12.1. The topological polar surface area (TPSA) is 35.6 Å². The van der Waals surface area contributed by atoms with Gasteiger partial charge in [0.15, 0.2) is 0 Å². The predicted octanol–water partition coefficient (Wildman–Crippen LogP) is 2.29. The molecule has 1 fully saturated rings. The van der Waals surface area contributed by atoms with Crippen LogP contribution in [0.3, 0.4) is 0 Å². The smallest absolute Gasteiger partial charge is 0.251 e. The number of carbonyl (C=O) groups is 1. The van der Waals surface area contributed by atoms with Crippen molar-refractivity contribution in [1.29, 1.82) is 0 Å². The van der Waals surface area contributed by atoms with Crippen molar-refractivity contribution in [3.63, 3.8) is 0 Å². The van der Waals surface area contributed by atoms with Crippen LogP contribution in [0.5, 0.6) is 0 Å². The Morgan fingerprint density at radius 2 is 2.15 bits per heavy atom. The highest BCUT2D eigenvalue weighted by Crippen LogP contribution is 2.43. The molecule has 4 nitrogen and oxygen atoms in total. The molecule has 1 aromatic rings. The Kier molecular flexibility index (Phi) is 3.50. The highest BCUT2D eigenvalue weighted by Gasteiger charge is 2.41. The molecule has 5 heteroatoms. The third kappa shape index (κ3) is 2.04. The molecule has 0 aromatic heterocycles. The Morgan fingerprint density at radius 1 is 1.40 bits per heavy atom. The predicted molar refractivity (Wildman–Crippen MR) is 85.5 cm³/mol. The first-order valence-electron chi connectivity index (χ1n) is 7.11. The molecule has 20 heavy (non-hydrogen) atoms. The largest absolute Gasteiger partial charge is 0.355 e. The van der Waals surface area contributed by atoms with Crippen LogP contribution in [0.2, 0.25) is 0 Å². The number of anilines is 2. The lowest BCUT2D eigenvalue weighted by Crippen LogP contribution is -2.63. The number of halogens is 1. The van der Waals surface area contributed by atoms with Crippen LogP contribution in [0.25, 0.3) is 0 Å². The second-order valence-electron chi connectivity index (χ2n) is 5.83. The van der Waals surface area contributed by atoms with Gasteiger partial charge in [0.05, 0.1) is 11.4 Å². The molecule has 1 aromatic carbocycles. The van der Waals surface area contributed by atoms with Gasteiger partial charge in [0.25, 0.3) is 5.91 Å². The van der Waals surface area contributed by atoms with Crippen LogP contribution in [0.1, 0.15) is 19.4 Å². The monoisotopic (exact) mass is 337 g/mol. The molecule has 1 N–H and O–H groups in total. The number of rotatable bonds is 1. The average Bonchev–Trinajstić information content (AvgIpc) is 2.37. The van der Waals surface area contributed by atoms with E-state index in [-0.39, 0.29) is 18.0 Å². The lowest BCUT2D eigenvalue weighted by atomic mass is 10.0. The molecule has 2 aliphatic heterocycles. The number of nitrogens with zero attached hydrogens (tertiary/aromatic N) is 2. The van der Waals surface area contributed by atoms with Crippen molar-refractivity contribution in [2.75, 3.05) is 29.4 Å². The molecule has 3 rings (SSSR count). The fourth-order valence-corrected chi connectivity index (χ4v) is 3.98. The molecule has 2 aliphatic rings. The summed E-state index contributed by atoms with van der Waals surface area (Å²) in [4.78, 5) is 17.0. The number of carbonyl (C=O) groups excluding carboxylic acids is 1. The molecular weight excluding hydrogens is 318 g/mol. The van der Waals surface area contributed by atoms with Gasteiger partial charge in [-0.3, -0.25) is 4.79 Å². The van der Waals surface area contributed by atoms with Gasteiger partial charge in [0.1, 0.15) is 6.04 Å². The summed E-state index contributed by atoms with van der Waals surface area (Å²) in [6, 6.07) is 4.33. The van der Waals surface area contributed by atoms with E-state index in [4.69, 9.17) is 0 Å². The van der Waals surface area contributed by atoms with Crippen LogP contribution >= 0.6 is 15.9 Å². The van der Waals surface area contributed by atoms with Crippen molar-refractivity contribution >= 4 is 33.2 Å². The third-order valence-electron chi connectivity index (χ3n) is 4.02. The van der Waals surface area contributed by atoms with Crippen molar-refractivity contribution in [2.45, 2.75) is 32.9 Å². The summed E-state index contributed by atoms with van der Waals surface area (Å²) >= 11 is 3.69. The van der Waals surface area contributed by atoms with E-state index in [0.717, 1.165) is 35.5 Å². The minimum Gasteiger partial charge on any atom is -0.355 e. The zero-order valence-corrected chi connectivity index (χ0v) is 13.7. The fourth-order valence-electron chi connectivity index (χ4n) is 3.19. The van der Waals surface area contributed by atoms with Gasteiger partial charge in [-0.15, -0.1) is 0 Å². The van der Waals surface area contributed by atoms with Crippen LogP contribution in [-0.2, 0) is 4.79 Å². The lowest BCUT2D eigenvalue weighted by Gasteiger charge is -2.47. The van der Waals surface area contributed by atoms with E-state index in [0.29, 0.717) is 0 Å². The lowest BCUT2D eigenvalue weighted by molar-refractivity contribution is -0.120. The van der Waals surface area contributed by atoms with Gasteiger partial charge in [-0.05, 0) is 54.4 Å². The normalized spacial score (nSPS) is 22.1. The molecular formula is C15H20BrN3O. The third-order valence-corrected chi connectivity index (χ3v) is 4.62. The number of nitrogens with one attached hydrogen (secondary N) is 1. The first-order valence-corrected chi connectivity index (χ1v) is 7.90. The van der Waals surface area contributed by atoms with Crippen LogP contribution < -0.4 is 15.1 Å². The number of hydrogen-bond donors (Lipinski definition) is 1. The molecule has 0 saturated carbocycles. The molecule has 2 heterocycles. The fraction of sp³-hybridized carbons (Fsp3) is 0.533. The number of benzene rings is 1. The summed E-state index contributed by atoms with van der Waals surface area (Å²) in [5, 5.41) is 3.33. The summed E-state index contributed by atoms with van der Waals surface area (Å²) in [5.74, 6) is 0.206. The van der Waals surface area contributed by atoms with Gasteiger partial charge < -0.3 is 15.1 Å². The second kappa shape index (κ2) is 5.04. The summed E-state index contributed by atoms with van der Waals surface area (Å²) in [6.45, 7) is 8.73. The van der Waals surface area contributed by atoms with Gasteiger partial charge in [0.2, 0.25) is 0 Å². The first-order chi connectivity index (χ1) is 9.50. The molecule has 0 aliphatic carbocycles. The van der Waals surface area contributed by atoms with Crippen LogP contribution in [-0.4, -0.2) is 37.6 Å². The van der Waals surface area contributed by atoms with Crippen molar-refractivity contribution in [2.24, 2.45) is 0 Å². The van der Waals surface area contributed by atoms with Gasteiger partial charge in [-0.2, -0.15) is 0 Å². The number of fused-ring (bicyclic) bond motifs is 3. The maximum Gasteiger partial charge on any atom is 0.251 e. The van der Waals surface area contributed by atoms with Crippen LogP contribution in [0.15, 0.2) is 16.6 Å². The van der Waals surface area contributed by atoms with Crippen LogP contribution in [0, 0.1) is 6.92 Å². The summed E-state index contributed by atoms with van der Waals surface area (Å²) in [7, 11) is 0. The average molecular weight is 338 g/mol. The molecule has 1 amide bonds. The Morgan fingerprint density at radius 3 is 2.85 bits per heavy atom. The van der Waals surface area contributed by atoms with E-state index in [1.54, 1.807) is 0 Å². The maximum absolute atomic E-state index is 12.8. The summed E-state index contributed by atoms with van der Waals surface area (Å²) < 4.78 is 1.08. The van der Waals surface area contributed by atoms with Gasteiger partial charge in [-0.1, -0.05) is 0 Å². The summed E-state index contributed by atoms with van der Waals surface area (Å²) in [6.07, 6.45) is 0. The van der Waals surface area contributed by atoms with Crippen molar-refractivity contribution in [3.8, 4) is 0 Å². The van der Waals surface area contributed by atoms with Crippen molar-refractivity contribution < 1.29 is 4.79 Å². The Balaban J connectivity index is 2.20. The van der Waals surface area contributed by atoms with E-state index in [1.165, 1.54) is 5.56 Å². The number of hydrogen-bond acceptors (Lipinski definition) is 3. The number of amides is 1. The van der Waals surface area contributed by atoms with E-state index in [1.807, 2.05) is 4.90 Å². The molecule has 0 bridgehead atoms. The molecule has 1 saturated heterocycles.